The maximum absolute atomic E-state index is 12.8. The summed E-state index contributed by atoms with van der Waals surface area (Å²) in [6, 6.07) is 8.81. The zero-order valence-electron chi connectivity index (χ0n) is 15.9. The van der Waals surface area contributed by atoms with Gasteiger partial charge in [0.2, 0.25) is 0 Å². The predicted octanol–water partition coefficient (Wildman–Crippen LogP) is 3.16. The Bertz CT molecular complexity index is 1050. The number of likely N-dealkylation sites (tertiary alicyclic amines) is 1. The standard InChI is InChI=1S/C20H22N6O2/c1-13-15-11-14(12-21-18(15)25(2)24-13)19(27)22-16-7-3-4-8-17(16)23-20(28)26-9-5-6-10-26/h3-4,7-8,11-12H,5-6,9-10H2,1-2H3,(H,22,27)(H,23,28). The fraction of sp³-hybridized carbons (Fsp3) is 0.300. The third kappa shape index (κ3) is 3.40. The lowest BCUT2D eigenvalue weighted by molar-refractivity contribution is 0.102. The van der Waals surface area contributed by atoms with Crippen LogP contribution in [-0.4, -0.2) is 44.7 Å². The lowest BCUT2D eigenvalue weighted by atomic mass is 10.2. The Morgan fingerprint density at radius 3 is 2.46 bits per heavy atom. The topological polar surface area (TPSA) is 92.1 Å². The summed E-state index contributed by atoms with van der Waals surface area (Å²) in [5.74, 6) is -0.291. The second-order valence-corrected chi connectivity index (χ2v) is 6.93. The second-order valence-electron chi connectivity index (χ2n) is 6.93. The molecule has 1 aliphatic rings. The van der Waals surface area contributed by atoms with Crippen molar-refractivity contribution in [2.75, 3.05) is 23.7 Å². The number of carbonyl (C=O) groups excluding carboxylic acids is 2. The van der Waals surface area contributed by atoms with Crippen molar-refractivity contribution >= 4 is 34.3 Å². The molecule has 0 spiro atoms. The zero-order valence-corrected chi connectivity index (χ0v) is 15.9. The predicted molar refractivity (Wildman–Crippen MR) is 107 cm³/mol. The summed E-state index contributed by atoms with van der Waals surface area (Å²) in [5, 5.41) is 10.9. The van der Waals surface area contributed by atoms with E-state index in [4.69, 9.17) is 0 Å². The number of amides is 3. The van der Waals surface area contributed by atoms with Gasteiger partial charge in [-0.2, -0.15) is 5.10 Å². The molecule has 0 saturated carbocycles. The van der Waals surface area contributed by atoms with Crippen LogP contribution in [0.4, 0.5) is 16.2 Å². The minimum absolute atomic E-state index is 0.145. The number of nitrogens with zero attached hydrogens (tertiary/aromatic N) is 4. The second kappa shape index (κ2) is 7.30. The van der Waals surface area contributed by atoms with E-state index in [2.05, 4.69) is 20.7 Å². The Hall–Kier alpha value is -3.42. The fourth-order valence-electron chi connectivity index (χ4n) is 3.44. The van der Waals surface area contributed by atoms with Gasteiger partial charge in [0, 0.05) is 31.7 Å². The first-order chi connectivity index (χ1) is 13.5. The van der Waals surface area contributed by atoms with Crippen molar-refractivity contribution in [2.24, 2.45) is 7.05 Å². The van der Waals surface area contributed by atoms with Crippen molar-refractivity contribution in [3.05, 3.63) is 47.8 Å². The molecular formula is C20H22N6O2. The molecule has 0 radical (unpaired) electrons. The first-order valence-electron chi connectivity index (χ1n) is 9.28. The van der Waals surface area contributed by atoms with Crippen LogP contribution < -0.4 is 10.6 Å². The number of hydrogen-bond donors (Lipinski definition) is 2. The number of carbonyl (C=O) groups is 2. The maximum atomic E-state index is 12.8. The monoisotopic (exact) mass is 378 g/mol. The number of aromatic nitrogens is 3. The van der Waals surface area contributed by atoms with Crippen LogP contribution in [0.5, 0.6) is 0 Å². The summed E-state index contributed by atoms with van der Waals surface area (Å²) in [6.45, 7) is 3.40. The summed E-state index contributed by atoms with van der Waals surface area (Å²) < 4.78 is 1.69. The van der Waals surface area contributed by atoms with Gasteiger partial charge < -0.3 is 15.5 Å². The van der Waals surface area contributed by atoms with Crippen LogP contribution in [0.15, 0.2) is 36.5 Å². The molecule has 0 atom stereocenters. The van der Waals surface area contributed by atoms with Crippen LogP contribution in [0, 0.1) is 6.92 Å². The number of nitrogens with one attached hydrogen (secondary N) is 2. The van der Waals surface area contributed by atoms with Crippen LogP contribution >= 0.6 is 0 Å². The van der Waals surface area contributed by atoms with E-state index in [1.807, 2.05) is 26.1 Å². The van der Waals surface area contributed by atoms with Crippen LogP contribution in [-0.2, 0) is 7.05 Å². The largest absolute Gasteiger partial charge is 0.325 e. The Balaban J connectivity index is 1.55. The molecule has 3 heterocycles. The average molecular weight is 378 g/mol. The molecule has 1 aliphatic heterocycles. The number of urea groups is 1. The van der Waals surface area contributed by atoms with Gasteiger partial charge in [-0.15, -0.1) is 0 Å². The van der Waals surface area contributed by atoms with Crippen LogP contribution in [0.25, 0.3) is 11.0 Å². The molecule has 1 saturated heterocycles. The highest BCUT2D eigenvalue weighted by Gasteiger charge is 2.19. The Morgan fingerprint density at radius 2 is 1.75 bits per heavy atom. The Labute approximate surface area is 162 Å². The molecular weight excluding hydrogens is 356 g/mol. The van der Waals surface area contributed by atoms with Crippen molar-refractivity contribution in [3.63, 3.8) is 0 Å². The van der Waals surface area contributed by atoms with E-state index in [0.717, 1.165) is 42.7 Å². The first kappa shape index (κ1) is 18.0. The number of aryl methyl sites for hydroxylation is 2. The number of anilines is 2. The van der Waals surface area contributed by atoms with Crippen LogP contribution in [0.2, 0.25) is 0 Å². The van der Waals surface area contributed by atoms with Gasteiger partial charge in [0.05, 0.1) is 22.6 Å². The van der Waals surface area contributed by atoms with Gasteiger partial charge >= 0.3 is 6.03 Å². The van der Waals surface area contributed by atoms with Gasteiger partial charge in [0.1, 0.15) is 0 Å². The van der Waals surface area contributed by atoms with E-state index in [0.29, 0.717) is 16.9 Å². The molecule has 28 heavy (non-hydrogen) atoms. The van der Waals surface area contributed by atoms with E-state index >= 15 is 0 Å². The van der Waals surface area contributed by atoms with Crippen molar-refractivity contribution < 1.29 is 9.59 Å². The van der Waals surface area contributed by atoms with E-state index in [9.17, 15) is 9.59 Å². The number of para-hydroxylation sites is 2. The maximum Gasteiger partial charge on any atom is 0.321 e. The highest BCUT2D eigenvalue weighted by molar-refractivity contribution is 6.08. The normalized spacial score (nSPS) is 13.7. The summed E-state index contributed by atoms with van der Waals surface area (Å²) in [4.78, 5) is 31.3. The summed E-state index contributed by atoms with van der Waals surface area (Å²) in [6.07, 6.45) is 3.58. The molecule has 1 fully saturated rings. The molecule has 1 aromatic carbocycles. The smallest absolute Gasteiger partial charge is 0.321 e. The van der Waals surface area contributed by atoms with Gasteiger partial charge in [0.15, 0.2) is 5.65 Å². The molecule has 2 aromatic heterocycles. The Kier molecular flexibility index (Phi) is 4.68. The zero-order chi connectivity index (χ0) is 19.7. The first-order valence-corrected chi connectivity index (χ1v) is 9.28. The van der Waals surface area contributed by atoms with Crippen molar-refractivity contribution in [2.45, 2.75) is 19.8 Å². The lowest BCUT2D eigenvalue weighted by Crippen LogP contribution is -2.32. The highest BCUT2D eigenvalue weighted by atomic mass is 16.2. The number of fused-ring (bicyclic) bond motifs is 1. The van der Waals surface area contributed by atoms with E-state index in [1.54, 1.807) is 27.8 Å². The van der Waals surface area contributed by atoms with Crippen LogP contribution in [0.1, 0.15) is 28.9 Å². The quantitative estimate of drug-likeness (QED) is 0.732. The molecule has 0 unspecified atom stereocenters. The molecule has 0 aliphatic carbocycles. The fourth-order valence-corrected chi connectivity index (χ4v) is 3.44. The Morgan fingerprint density at radius 1 is 1.07 bits per heavy atom. The molecule has 3 aromatic rings. The molecule has 4 rings (SSSR count). The lowest BCUT2D eigenvalue weighted by Gasteiger charge is -2.18. The molecule has 3 amide bonds. The number of pyridine rings is 1. The van der Waals surface area contributed by atoms with Crippen molar-refractivity contribution in [1.82, 2.24) is 19.7 Å². The SMILES string of the molecule is Cc1nn(C)c2ncc(C(=O)Nc3ccccc3NC(=O)N3CCCC3)cc12. The third-order valence-corrected chi connectivity index (χ3v) is 4.94. The third-order valence-electron chi connectivity index (χ3n) is 4.94. The minimum Gasteiger partial charge on any atom is -0.325 e. The molecule has 8 nitrogen and oxygen atoms in total. The van der Waals surface area contributed by atoms with Gasteiger partial charge in [0.25, 0.3) is 5.91 Å². The van der Waals surface area contributed by atoms with E-state index in [1.165, 1.54) is 6.20 Å². The summed E-state index contributed by atoms with van der Waals surface area (Å²) in [7, 11) is 1.82. The minimum atomic E-state index is -0.291. The van der Waals surface area contributed by atoms with Gasteiger partial charge in [-0.1, -0.05) is 12.1 Å². The van der Waals surface area contributed by atoms with Crippen LogP contribution in [0.3, 0.4) is 0 Å². The number of benzene rings is 1. The van der Waals surface area contributed by atoms with Crippen molar-refractivity contribution in [1.29, 1.82) is 0 Å². The average Bonchev–Trinajstić information content (AvgIpc) is 3.32. The molecule has 0 bridgehead atoms. The molecule has 144 valence electrons. The number of rotatable bonds is 3. The van der Waals surface area contributed by atoms with Gasteiger partial charge in [-0.25, -0.2) is 9.78 Å². The summed E-state index contributed by atoms with van der Waals surface area (Å²) in [5.41, 5.74) is 3.09. The van der Waals surface area contributed by atoms with Gasteiger partial charge in [-0.3, -0.25) is 9.48 Å². The van der Waals surface area contributed by atoms with Gasteiger partial charge in [-0.05, 0) is 38.0 Å². The summed E-state index contributed by atoms with van der Waals surface area (Å²) >= 11 is 0. The van der Waals surface area contributed by atoms with Crippen molar-refractivity contribution in [3.8, 4) is 0 Å². The highest BCUT2D eigenvalue weighted by Crippen LogP contribution is 2.24. The molecule has 8 heteroatoms. The number of hydrogen-bond acceptors (Lipinski definition) is 4. The molecule has 2 N–H and O–H groups in total. The van der Waals surface area contributed by atoms with E-state index in [-0.39, 0.29) is 11.9 Å². The van der Waals surface area contributed by atoms with E-state index < -0.39 is 0 Å².